The normalized spacial score (nSPS) is 10.8. The molecule has 0 saturated carbocycles. The number of ether oxygens (including phenoxy) is 2. The van der Waals surface area contributed by atoms with E-state index in [1.165, 1.54) is 0 Å². The van der Waals surface area contributed by atoms with E-state index in [0.29, 0.717) is 28.3 Å². The molecular weight excluding hydrogens is 308 g/mol. The van der Waals surface area contributed by atoms with Crippen LogP contribution in [0.4, 0.5) is 0 Å². The maximum atomic E-state index is 9.86. The molecule has 0 amide bonds. The largest absolute Gasteiger partial charge is 0.493 e. The molecule has 0 atom stereocenters. The van der Waals surface area contributed by atoms with Crippen LogP contribution in [0.3, 0.4) is 0 Å². The first-order valence-corrected chi connectivity index (χ1v) is 7.43. The highest BCUT2D eigenvalue weighted by Gasteiger charge is 2.18. The molecule has 0 unspecified atom stereocenters. The molecule has 6 nitrogen and oxygen atoms in total. The average Bonchev–Trinajstić information content (AvgIpc) is 2.65. The molecule has 2 heterocycles. The number of hydrogen-bond acceptors (Lipinski definition) is 6. The zero-order chi connectivity index (χ0) is 17.1. The minimum absolute atomic E-state index is 0.231. The summed E-state index contributed by atoms with van der Waals surface area (Å²) in [7, 11) is 3.13. The molecule has 3 aromatic rings. The van der Waals surface area contributed by atoms with E-state index in [4.69, 9.17) is 9.47 Å². The van der Waals surface area contributed by atoms with Gasteiger partial charge in [0.25, 0.3) is 0 Å². The van der Waals surface area contributed by atoms with Crippen LogP contribution in [0.2, 0.25) is 0 Å². The highest BCUT2D eigenvalue weighted by atomic mass is 16.5. The Bertz CT molecular complexity index is 861. The van der Waals surface area contributed by atoms with Crippen LogP contribution in [0.25, 0.3) is 22.0 Å². The van der Waals surface area contributed by atoms with Crippen molar-refractivity contribution >= 4 is 10.9 Å². The summed E-state index contributed by atoms with van der Waals surface area (Å²) in [5, 5.41) is 20.3. The van der Waals surface area contributed by atoms with E-state index in [9.17, 15) is 10.2 Å². The van der Waals surface area contributed by atoms with Crippen LogP contribution in [0.15, 0.2) is 36.7 Å². The van der Waals surface area contributed by atoms with Gasteiger partial charge in [0.15, 0.2) is 11.5 Å². The van der Waals surface area contributed by atoms with Gasteiger partial charge in [-0.1, -0.05) is 0 Å². The summed E-state index contributed by atoms with van der Waals surface area (Å²) >= 11 is 0. The van der Waals surface area contributed by atoms with Gasteiger partial charge in [-0.15, -0.1) is 0 Å². The Morgan fingerprint density at radius 1 is 0.958 bits per heavy atom. The number of aliphatic hydroxyl groups excluding tert-OH is 2. The Labute approximate surface area is 139 Å². The second-order valence-corrected chi connectivity index (χ2v) is 5.19. The van der Waals surface area contributed by atoms with Gasteiger partial charge in [0.05, 0.1) is 38.6 Å². The number of nitrogens with zero attached hydrogens (tertiary/aromatic N) is 2. The molecule has 0 aliphatic heterocycles. The van der Waals surface area contributed by atoms with Crippen molar-refractivity contribution in [3.63, 3.8) is 0 Å². The third kappa shape index (κ3) is 2.66. The Balaban J connectivity index is 2.44. The number of hydrogen-bond donors (Lipinski definition) is 2. The molecule has 6 heteroatoms. The van der Waals surface area contributed by atoms with Crippen LogP contribution >= 0.6 is 0 Å². The number of rotatable bonds is 5. The lowest BCUT2D eigenvalue weighted by Crippen LogP contribution is -2.03. The summed E-state index contributed by atoms with van der Waals surface area (Å²) < 4.78 is 10.7. The van der Waals surface area contributed by atoms with Crippen LogP contribution in [0.1, 0.15) is 11.3 Å². The first-order valence-electron chi connectivity index (χ1n) is 7.43. The summed E-state index contributed by atoms with van der Waals surface area (Å²) in [5.41, 5.74) is 3.35. The van der Waals surface area contributed by atoms with E-state index in [0.717, 1.165) is 16.5 Å². The number of aliphatic hydroxyl groups is 2. The third-order valence-electron chi connectivity index (χ3n) is 3.95. The molecule has 0 saturated heterocycles. The van der Waals surface area contributed by atoms with Crippen molar-refractivity contribution in [2.45, 2.75) is 13.2 Å². The van der Waals surface area contributed by atoms with Crippen LogP contribution in [-0.4, -0.2) is 34.4 Å². The zero-order valence-corrected chi connectivity index (χ0v) is 13.5. The fourth-order valence-corrected chi connectivity index (χ4v) is 2.83. The predicted octanol–water partition coefficient (Wildman–Crippen LogP) is 2.30. The van der Waals surface area contributed by atoms with Crippen LogP contribution in [0, 0.1) is 0 Å². The van der Waals surface area contributed by atoms with E-state index in [2.05, 4.69) is 9.97 Å². The Kier molecular flexibility index (Phi) is 4.59. The summed E-state index contributed by atoms with van der Waals surface area (Å²) in [6, 6.07) is 7.30. The van der Waals surface area contributed by atoms with Crippen molar-refractivity contribution in [1.29, 1.82) is 0 Å². The molecule has 124 valence electrons. The molecule has 2 N–H and O–H groups in total. The van der Waals surface area contributed by atoms with Gasteiger partial charge in [-0.3, -0.25) is 4.98 Å². The second kappa shape index (κ2) is 6.82. The molecule has 24 heavy (non-hydrogen) atoms. The summed E-state index contributed by atoms with van der Waals surface area (Å²) in [5.74, 6) is 1.13. The van der Waals surface area contributed by atoms with Gasteiger partial charge >= 0.3 is 0 Å². The lowest BCUT2D eigenvalue weighted by molar-refractivity contribution is 0.257. The first kappa shape index (κ1) is 16.2. The molecule has 2 aromatic heterocycles. The van der Waals surface area contributed by atoms with Gasteiger partial charge in [-0.2, -0.15) is 0 Å². The molecule has 0 bridgehead atoms. The fourth-order valence-electron chi connectivity index (χ4n) is 2.83. The fraction of sp³-hybridized carbons (Fsp3) is 0.222. The third-order valence-corrected chi connectivity index (χ3v) is 3.95. The van der Waals surface area contributed by atoms with Crippen LogP contribution in [-0.2, 0) is 13.2 Å². The number of fused-ring (bicyclic) bond motifs is 1. The minimum atomic E-state index is -0.266. The Hall–Kier alpha value is -2.70. The molecule has 3 rings (SSSR count). The van der Waals surface area contributed by atoms with E-state index < -0.39 is 0 Å². The Morgan fingerprint density at radius 2 is 1.62 bits per heavy atom. The van der Waals surface area contributed by atoms with Gasteiger partial charge in [0.2, 0.25) is 0 Å². The van der Waals surface area contributed by atoms with Crippen molar-refractivity contribution in [3.8, 4) is 22.6 Å². The topological polar surface area (TPSA) is 84.7 Å². The maximum absolute atomic E-state index is 9.86. The molecule has 0 radical (unpaired) electrons. The lowest BCUT2D eigenvalue weighted by atomic mass is 9.95. The molecule has 0 aliphatic rings. The van der Waals surface area contributed by atoms with Crippen molar-refractivity contribution < 1.29 is 19.7 Å². The number of benzene rings is 1. The molecular formula is C18H18N2O4. The summed E-state index contributed by atoms with van der Waals surface area (Å²) in [6.07, 6.45) is 3.37. The predicted molar refractivity (Wildman–Crippen MR) is 89.9 cm³/mol. The van der Waals surface area contributed by atoms with E-state index >= 15 is 0 Å². The highest BCUT2D eigenvalue weighted by Crippen LogP contribution is 2.39. The molecule has 0 aliphatic carbocycles. The lowest BCUT2D eigenvalue weighted by Gasteiger charge is -2.17. The van der Waals surface area contributed by atoms with Crippen molar-refractivity contribution in [2.75, 3.05) is 14.2 Å². The van der Waals surface area contributed by atoms with Gasteiger partial charge in [-0.25, -0.2) is 4.98 Å². The van der Waals surface area contributed by atoms with Gasteiger partial charge in [0, 0.05) is 29.4 Å². The first-order chi connectivity index (χ1) is 11.7. The monoisotopic (exact) mass is 326 g/mol. The number of pyridine rings is 2. The van der Waals surface area contributed by atoms with Crippen molar-refractivity contribution in [3.05, 3.63) is 47.9 Å². The molecule has 1 aromatic carbocycles. The average molecular weight is 326 g/mol. The van der Waals surface area contributed by atoms with Gasteiger partial charge < -0.3 is 19.7 Å². The van der Waals surface area contributed by atoms with Crippen molar-refractivity contribution in [1.82, 2.24) is 9.97 Å². The molecule has 0 spiro atoms. The summed E-state index contributed by atoms with van der Waals surface area (Å²) in [6.45, 7) is -0.497. The maximum Gasteiger partial charge on any atom is 0.162 e. The highest BCUT2D eigenvalue weighted by molar-refractivity contribution is 5.98. The van der Waals surface area contributed by atoms with Crippen LogP contribution < -0.4 is 9.47 Å². The number of aromatic nitrogens is 2. The van der Waals surface area contributed by atoms with Crippen LogP contribution in [0.5, 0.6) is 11.5 Å². The van der Waals surface area contributed by atoms with Crippen molar-refractivity contribution in [2.24, 2.45) is 0 Å². The standard InChI is InChI=1S/C18H18N2O4/c1-23-16-7-12-14(8-17(16)24-2)20-15(10-22)13(9-21)18(12)11-3-5-19-6-4-11/h3-8,21-22H,9-10H2,1-2H3. The van der Waals surface area contributed by atoms with Gasteiger partial charge in [-0.05, 0) is 29.3 Å². The SMILES string of the molecule is COc1cc2nc(CO)c(CO)c(-c3ccncc3)c2cc1OC. The van der Waals surface area contributed by atoms with E-state index in [1.54, 1.807) is 32.7 Å². The second-order valence-electron chi connectivity index (χ2n) is 5.19. The van der Waals surface area contributed by atoms with Gasteiger partial charge in [0.1, 0.15) is 0 Å². The number of methoxy groups -OCH3 is 2. The van der Waals surface area contributed by atoms with E-state index in [-0.39, 0.29) is 13.2 Å². The summed E-state index contributed by atoms with van der Waals surface area (Å²) in [4.78, 5) is 8.51. The smallest absolute Gasteiger partial charge is 0.162 e. The zero-order valence-electron chi connectivity index (χ0n) is 13.5. The van der Waals surface area contributed by atoms with E-state index in [1.807, 2.05) is 18.2 Å². The Morgan fingerprint density at radius 3 is 2.21 bits per heavy atom. The molecule has 0 fully saturated rings. The quantitative estimate of drug-likeness (QED) is 0.748. The minimum Gasteiger partial charge on any atom is -0.493 e.